The molecular weight excluding hydrogens is 274 g/mol. The molecule has 0 unspecified atom stereocenters. The summed E-state index contributed by atoms with van der Waals surface area (Å²) in [7, 11) is 0. The lowest BCUT2D eigenvalue weighted by molar-refractivity contribution is -0.150. The molecule has 0 saturated carbocycles. The second-order valence-electron chi connectivity index (χ2n) is 3.69. The van der Waals surface area contributed by atoms with Gasteiger partial charge in [0, 0.05) is 11.8 Å². The van der Waals surface area contributed by atoms with Crippen molar-refractivity contribution in [3.63, 3.8) is 0 Å². The maximum Gasteiger partial charge on any atom is 0.299 e. The van der Waals surface area contributed by atoms with Gasteiger partial charge < -0.3 is 10.6 Å². The third-order valence-electron chi connectivity index (χ3n) is 2.24. The molecule has 6 heteroatoms. The maximum absolute atomic E-state index is 8.84. The first-order chi connectivity index (χ1) is 9.78. The molecule has 0 fully saturated rings. The van der Waals surface area contributed by atoms with E-state index in [-0.39, 0.29) is 10.4 Å². The summed E-state index contributed by atoms with van der Waals surface area (Å²) in [4.78, 5) is 12.5. The van der Waals surface area contributed by atoms with Crippen LogP contribution in [0.1, 0.15) is 0 Å². The Bertz CT molecular complexity index is 600. The fourth-order valence-electron chi connectivity index (χ4n) is 1.41. The van der Waals surface area contributed by atoms with Crippen LogP contribution in [0.25, 0.3) is 0 Å². The number of thioether (sulfide) groups is 1. The predicted molar refractivity (Wildman–Crippen MR) is 82.6 cm³/mol. The first-order valence-corrected chi connectivity index (χ1v) is 6.62. The van der Waals surface area contributed by atoms with Gasteiger partial charge in [0.15, 0.2) is 5.17 Å². The highest BCUT2D eigenvalue weighted by Gasteiger charge is 2.06. The fraction of sp³-hybridized carbons (Fsp3) is 0. The van der Waals surface area contributed by atoms with Crippen LogP contribution in [0, 0.1) is 0 Å². The van der Waals surface area contributed by atoms with Crippen LogP contribution < -0.4 is 5.73 Å². The van der Waals surface area contributed by atoms with Crippen LogP contribution in [0.4, 0.5) is 11.4 Å². The molecular formula is C14H13N3O2S. The quantitative estimate of drug-likeness (QED) is 0.383. The van der Waals surface area contributed by atoms with Crippen molar-refractivity contribution in [1.82, 2.24) is 0 Å². The van der Waals surface area contributed by atoms with E-state index in [0.717, 1.165) is 17.4 Å². The molecule has 2 aromatic rings. The maximum atomic E-state index is 8.84. The van der Waals surface area contributed by atoms with E-state index >= 15 is 0 Å². The van der Waals surface area contributed by atoms with E-state index in [2.05, 4.69) is 14.9 Å². The van der Waals surface area contributed by atoms with E-state index < -0.39 is 0 Å². The number of benzene rings is 2. The van der Waals surface area contributed by atoms with Crippen LogP contribution in [0.2, 0.25) is 0 Å². The standard InChI is InChI=1S/C14H13N3O2S/c15-13(16-11-7-3-1-4-8-11)20-14(19-18)17-12-9-5-2-6-10-12/h1-10,18H,(H2,15,16). The average Bonchev–Trinajstić information content (AvgIpc) is 2.48. The Labute approximate surface area is 120 Å². The smallest absolute Gasteiger partial charge is 0.299 e. The Hall–Kier alpha value is -2.31. The molecule has 2 aromatic carbocycles. The fourth-order valence-corrected chi connectivity index (χ4v) is 1.93. The number of amidine groups is 1. The van der Waals surface area contributed by atoms with Crippen LogP contribution in [-0.2, 0) is 4.89 Å². The lowest BCUT2D eigenvalue weighted by Gasteiger charge is -2.02. The average molecular weight is 287 g/mol. The third kappa shape index (κ3) is 4.42. The van der Waals surface area contributed by atoms with E-state index in [9.17, 15) is 0 Å². The predicted octanol–water partition coefficient (Wildman–Crippen LogP) is 3.54. The summed E-state index contributed by atoms with van der Waals surface area (Å²) in [6.45, 7) is 0. The van der Waals surface area contributed by atoms with Gasteiger partial charge in [0.05, 0.1) is 11.4 Å². The summed E-state index contributed by atoms with van der Waals surface area (Å²) in [5.41, 5.74) is 7.14. The van der Waals surface area contributed by atoms with Crippen LogP contribution in [-0.4, -0.2) is 15.7 Å². The van der Waals surface area contributed by atoms with Gasteiger partial charge in [0.2, 0.25) is 0 Å². The van der Waals surface area contributed by atoms with Crippen molar-refractivity contribution in [3.05, 3.63) is 60.7 Å². The van der Waals surface area contributed by atoms with E-state index in [0.29, 0.717) is 5.69 Å². The first kappa shape index (κ1) is 14.1. The summed E-state index contributed by atoms with van der Waals surface area (Å²) >= 11 is 0.940. The SMILES string of the molecule is NC(=Nc1ccccc1)SC(=Nc1ccccc1)OO. The van der Waals surface area contributed by atoms with Gasteiger partial charge in [-0.05, 0) is 24.3 Å². The number of hydrogen-bond acceptors (Lipinski definition) is 5. The van der Waals surface area contributed by atoms with E-state index in [1.807, 2.05) is 48.5 Å². The lowest BCUT2D eigenvalue weighted by Crippen LogP contribution is -2.11. The van der Waals surface area contributed by atoms with Crippen molar-refractivity contribution in [2.75, 3.05) is 0 Å². The summed E-state index contributed by atoms with van der Waals surface area (Å²) in [5, 5.41) is 9.07. The summed E-state index contributed by atoms with van der Waals surface area (Å²) in [5.74, 6) is 0. The highest BCUT2D eigenvalue weighted by atomic mass is 32.2. The Morgan fingerprint density at radius 3 is 1.90 bits per heavy atom. The molecule has 0 atom stereocenters. The molecule has 0 spiro atoms. The second-order valence-corrected chi connectivity index (χ2v) is 4.66. The molecule has 0 aliphatic heterocycles. The van der Waals surface area contributed by atoms with Crippen LogP contribution >= 0.6 is 11.8 Å². The third-order valence-corrected chi connectivity index (χ3v) is 2.88. The molecule has 5 nitrogen and oxygen atoms in total. The summed E-state index contributed by atoms with van der Waals surface area (Å²) < 4.78 is 0. The molecule has 20 heavy (non-hydrogen) atoms. The zero-order valence-corrected chi connectivity index (χ0v) is 11.3. The Morgan fingerprint density at radius 2 is 1.40 bits per heavy atom. The van der Waals surface area contributed by atoms with Crippen molar-refractivity contribution < 1.29 is 10.1 Å². The minimum Gasteiger partial charge on any atom is -0.378 e. The largest absolute Gasteiger partial charge is 0.378 e. The normalized spacial score (nSPS) is 12.2. The number of nitrogens with zero attached hydrogens (tertiary/aromatic N) is 2. The molecule has 0 bridgehead atoms. The van der Waals surface area contributed by atoms with E-state index in [1.165, 1.54) is 0 Å². The molecule has 0 saturated heterocycles. The topological polar surface area (TPSA) is 80.2 Å². The van der Waals surface area contributed by atoms with Gasteiger partial charge >= 0.3 is 0 Å². The monoisotopic (exact) mass is 287 g/mol. The van der Waals surface area contributed by atoms with Crippen molar-refractivity contribution in [1.29, 1.82) is 0 Å². The number of hydrogen-bond donors (Lipinski definition) is 2. The number of aliphatic imine (C=N–C) groups is 2. The van der Waals surface area contributed by atoms with Gasteiger partial charge in [-0.3, -0.25) is 0 Å². The summed E-state index contributed by atoms with van der Waals surface area (Å²) in [6, 6.07) is 18.4. The highest BCUT2D eigenvalue weighted by molar-refractivity contribution is 8.26. The molecule has 2 rings (SSSR count). The van der Waals surface area contributed by atoms with Gasteiger partial charge in [0.25, 0.3) is 5.23 Å². The van der Waals surface area contributed by atoms with Crippen molar-refractivity contribution in [2.24, 2.45) is 15.7 Å². The van der Waals surface area contributed by atoms with Gasteiger partial charge in [-0.15, -0.1) is 0 Å². The second kappa shape index (κ2) is 7.32. The van der Waals surface area contributed by atoms with E-state index in [4.69, 9.17) is 11.0 Å². The van der Waals surface area contributed by atoms with E-state index in [1.54, 1.807) is 12.1 Å². The van der Waals surface area contributed by atoms with Crippen LogP contribution in [0.5, 0.6) is 0 Å². The van der Waals surface area contributed by atoms with Gasteiger partial charge in [-0.2, -0.15) is 0 Å². The van der Waals surface area contributed by atoms with Gasteiger partial charge in [0.1, 0.15) is 0 Å². The Balaban J connectivity index is 2.10. The molecule has 0 aromatic heterocycles. The first-order valence-electron chi connectivity index (χ1n) is 5.80. The Kier molecular flexibility index (Phi) is 5.16. The number of rotatable bonds is 2. The van der Waals surface area contributed by atoms with Crippen molar-refractivity contribution in [3.8, 4) is 0 Å². The molecule has 3 N–H and O–H groups in total. The van der Waals surface area contributed by atoms with Crippen LogP contribution in [0.15, 0.2) is 70.6 Å². The van der Waals surface area contributed by atoms with Gasteiger partial charge in [-0.25, -0.2) is 15.2 Å². The molecule has 0 aliphatic rings. The number of nitrogens with two attached hydrogens (primary N) is 1. The summed E-state index contributed by atoms with van der Waals surface area (Å²) in [6.07, 6.45) is 0. The molecule has 102 valence electrons. The van der Waals surface area contributed by atoms with Crippen molar-refractivity contribution in [2.45, 2.75) is 0 Å². The highest BCUT2D eigenvalue weighted by Crippen LogP contribution is 2.17. The molecule has 0 heterocycles. The molecule has 0 amide bonds. The minimum atomic E-state index is 0.00776. The van der Waals surface area contributed by atoms with Crippen LogP contribution in [0.3, 0.4) is 0 Å². The lowest BCUT2D eigenvalue weighted by atomic mass is 10.3. The molecule has 0 radical (unpaired) electrons. The number of para-hydroxylation sites is 2. The zero-order chi connectivity index (χ0) is 14.2. The Morgan fingerprint density at radius 1 is 0.900 bits per heavy atom. The molecule has 0 aliphatic carbocycles. The minimum absolute atomic E-state index is 0.00776. The zero-order valence-electron chi connectivity index (χ0n) is 10.5. The van der Waals surface area contributed by atoms with Crippen molar-refractivity contribution >= 4 is 33.5 Å². The van der Waals surface area contributed by atoms with Gasteiger partial charge in [-0.1, -0.05) is 36.4 Å².